The number of aromatic nitrogens is 3. The van der Waals surface area contributed by atoms with Crippen LogP contribution in [0.1, 0.15) is 0 Å². The highest BCUT2D eigenvalue weighted by atomic mass is 32.1. The molecule has 0 amide bonds. The molecule has 0 N–H and O–H groups in total. The Morgan fingerprint density at radius 1 is 0.361 bits per heavy atom. The molecule has 4 aromatic heterocycles. The average Bonchev–Trinajstić information content (AvgIpc) is 4.01. The summed E-state index contributed by atoms with van der Waals surface area (Å²) in [4.78, 5) is 10.1. The van der Waals surface area contributed by atoms with Crippen molar-refractivity contribution in [2.75, 3.05) is 0 Å². The topological polar surface area (TPSA) is 30.7 Å². The highest BCUT2D eigenvalue weighted by molar-refractivity contribution is 7.27. The number of hydrogen-bond acceptors (Lipinski definition) is 4. The summed E-state index contributed by atoms with van der Waals surface area (Å²) in [5.74, 6) is 0.724. The van der Waals surface area contributed by atoms with Crippen LogP contribution in [0.15, 0.2) is 200 Å². The van der Waals surface area contributed by atoms with E-state index in [0.29, 0.717) is 0 Å². The number of fused-ring (bicyclic) bond motifs is 11. The first-order chi connectivity index (χ1) is 30.2. The zero-order valence-corrected chi connectivity index (χ0v) is 34.3. The molecule has 0 atom stereocenters. The van der Waals surface area contributed by atoms with Gasteiger partial charge in [-0.2, -0.15) is 0 Å². The van der Waals surface area contributed by atoms with E-state index in [4.69, 9.17) is 9.97 Å². The molecule has 0 aliphatic carbocycles. The van der Waals surface area contributed by atoms with E-state index < -0.39 is 0 Å². The predicted molar refractivity (Wildman–Crippen MR) is 261 cm³/mol. The van der Waals surface area contributed by atoms with Gasteiger partial charge in [0.25, 0.3) is 0 Å². The molecule has 3 nitrogen and oxygen atoms in total. The van der Waals surface area contributed by atoms with E-state index in [2.05, 4.69) is 187 Å². The normalized spacial score (nSPS) is 11.9. The largest absolute Gasteiger partial charge is 0.309 e. The average molecular weight is 812 g/mol. The predicted octanol–water partition coefficient (Wildman–Crippen LogP) is 16.1. The molecule has 0 saturated heterocycles. The van der Waals surface area contributed by atoms with Gasteiger partial charge in [-0.05, 0) is 70.8 Å². The van der Waals surface area contributed by atoms with Crippen molar-refractivity contribution in [3.63, 3.8) is 0 Å². The molecular weight excluding hydrogens is 779 g/mol. The minimum atomic E-state index is 0.724. The molecule has 0 fully saturated rings. The maximum absolute atomic E-state index is 5.10. The third kappa shape index (κ3) is 5.41. The SMILES string of the molecule is c1ccc(-c2nc(-c3ccc(-c4ccc(-n5c6ccc(-c7cccc8c7sc7ccccc78)cc6c6c7sc8ccccc8c7ccc65)cc4)cc3)nc3ccccc23)cc1. The summed E-state index contributed by atoms with van der Waals surface area (Å²) in [6, 6.07) is 72.4. The Morgan fingerprint density at radius 2 is 0.951 bits per heavy atom. The lowest BCUT2D eigenvalue weighted by molar-refractivity contribution is 1.18. The molecule has 0 radical (unpaired) electrons. The number of nitrogens with zero attached hydrogens (tertiary/aromatic N) is 3. The van der Waals surface area contributed by atoms with Crippen LogP contribution < -0.4 is 0 Å². The molecule has 284 valence electrons. The van der Waals surface area contributed by atoms with Gasteiger partial charge in [-0.1, -0.05) is 152 Å². The molecule has 61 heavy (non-hydrogen) atoms. The number of hydrogen-bond donors (Lipinski definition) is 0. The molecular formula is C56H33N3S2. The van der Waals surface area contributed by atoms with Crippen LogP contribution >= 0.6 is 22.7 Å². The molecule has 0 aliphatic heterocycles. The van der Waals surface area contributed by atoms with Crippen molar-refractivity contribution in [2.24, 2.45) is 0 Å². The van der Waals surface area contributed by atoms with Gasteiger partial charge in [0.1, 0.15) is 0 Å². The van der Waals surface area contributed by atoms with Gasteiger partial charge in [-0.3, -0.25) is 0 Å². The van der Waals surface area contributed by atoms with Gasteiger partial charge in [0.2, 0.25) is 0 Å². The fraction of sp³-hybridized carbons (Fsp3) is 0. The van der Waals surface area contributed by atoms with Gasteiger partial charge < -0.3 is 4.57 Å². The molecule has 4 heterocycles. The van der Waals surface area contributed by atoms with E-state index in [1.807, 2.05) is 40.9 Å². The minimum absolute atomic E-state index is 0.724. The van der Waals surface area contributed by atoms with E-state index in [1.165, 1.54) is 73.3 Å². The van der Waals surface area contributed by atoms with Gasteiger partial charge >= 0.3 is 0 Å². The molecule has 0 aliphatic rings. The Kier molecular flexibility index (Phi) is 7.65. The maximum atomic E-state index is 5.10. The van der Waals surface area contributed by atoms with Crippen molar-refractivity contribution < 1.29 is 0 Å². The zero-order valence-electron chi connectivity index (χ0n) is 32.7. The standard InChI is InChI=1S/C56H33N3S2/c1-2-11-36(12-3-1)53-45-15-4-7-18-47(45)57-56(58-53)37-23-21-34(22-24-37)35-25-28-39(29-26-35)59-48-31-27-38(40-16-10-17-43-41-13-5-8-19-50(41)60-54(40)43)33-46(48)52-49(59)32-30-44-42-14-6-9-20-51(42)61-55(44)52/h1-33H. The second kappa shape index (κ2) is 13.5. The number of rotatable bonds is 5. The van der Waals surface area contributed by atoms with Crippen molar-refractivity contribution in [1.29, 1.82) is 0 Å². The Hall–Kier alpha value is -7.44. The monoisotopic (exact) mass is 811 g/mol. The third-order valence-electron chi connectivity index (χ3n) is 12.2. The van der Waals surface area contributed by atoms with Gasteiger partial charge in [-0.15, -0.1) is 22.7 Å². The van der Waals surface area contributed by atoms with Crippen molar-refractivity contribution in [1.82, 2.24) is 14.5 Å². The van der Waals surface area contributed by atoms with Crippen LogP contribution in [-0.2, 0) is 0 Å². The van der Waals surface area contributed by atoms with Crippen LogP contribution in [0, 0.1) is 0 Å². The lowest BCUT2D eigenvalue weighted by atomic mass is 10.00. The Morgan fingerprint density at radius 3 is 1.72 bits per heavy atom. The van der Waals surface area contributed by atoms with Gasteiger partial charge in [0.05, 0.1) is 22.2 Å². The molecule has 13 rings (SSSR count). The van der Waals surface area contributed by atoms with Crippen molar-refractivity contribution in [3.8, 4) is 50.6 Å². The van der Waals surface area contributed by atoms with E-state index in [0.717, 1.165) is 50.4 Å². The van der Waals surface area contributed by atoms with Crippen molar-refractivity contribution in [3.05, 3.63) is 200 Å². The van der Waals surface area contributed by atoms with Crippen LogP contribution in [0.5, 0.6) is 0 Å². The summed E-state index contributed by atoms with van der Waals surface area (Å²) < 4.78 is 7.76. The lowest BCUT2D eigenvalue weighted by Crippen LogP contribution is -1.95. The number of benzene rings is 9. The van der Waals surface area contributed by atoms with Gasteiger partial charge in [0.15, 0.2) is 5.82 Å². The van der Waals surface area contributed by atoms with Gasteiger partial charge in [0, 0.05) is 73.3 Å². The van der Waals surface area contributed by atoms with E-state index >= 15 is 0 Å². The zero-order chi connectivity index (χ0) is 40.0. The summed E-state index contributed by atoms with van der Waals surface area (Å²) in [5, 5.41) is 8.91. The highest BCUT2D eigenvalue weighted by Crippen LogP contribution is 2.46. The molecule has 9 aromatic carbocycles. The summed E-state index contributed by atoms with van der Waals surface area (Å²) in [6.07, 6.45) is 0. The van der Waals surface area contributed by atoms with Crippen LogP contribution in [0.4, 0.5) is 0 Å². The second-order valence-corrected chi connectivity index (χ2v) is 17.8. The fourth-order valence-electron chi connectivity index (χ4n) is 9.34. The van der Waals surface area contributed by atoms with Crippen LogP contribution in [-0.4, -0.2) is 14.5 Å². The lowest BCUT2D eigenvalue weighted by Gasteiger charge is -2.11. The summed E-state index contributed by atoms with van der Waals surface area (Å²) >= 11 is 3.79. The second-order valence-electron chi connectivity index (χ2n) is 15.7. The van der Waals surface area contributed by atoms with Crippen molar-refractivity contribution >= 4 is 95.7 Å². The van der Waals surface area contributed by atoms with Crippen LogP contribution in [0.3, 0.4) is 0 Å². The quantitative estimate of drug-likeness (QED) is 0.173. The third-order valence-corrected chi connectivity index (χ3v) is 14.7. The highest BCUT2D eigenvalue weighted by Gasteiger charge is 2.20. The Labute approximate surface area is 359 Å². The van der Waals surface area contributed by atoms with Crippen LogP contribution in [0.2, 0.25) is 0 Å². The molecule has 0 saturated carbocycles. The first-order valence-corrected chi connectivity index (χ1v) is 22.2. The maximum Gasteiger partial charge on any atom is 0.160 e. The minimum Gasteiger partial charge on any atom is -0.309 e. The number of para-hydroxylation sites is 1. The van der Waals surface area contributed by atoms with E-state index in [1.54, 1.807) is 0 Å². The molecule has 13 aromatic rings. The smallest absolute Gasteiger partial charge is 0.160 e. The van der Waals surface area contributed by atoms with Crippen molar-refractivity contribution in [2.45, 2.75) is 0 Å². The summed E-state index contributed by atoms with van der Waals surface area (Å²) in [6.45, 7) is 0. The van der Waals surface area contributed by atoms with Crippen LogP contribution in [0.25, 0.3) is 124 Å². The Balaban J connectivity index is 0.925. The fourth-order valence-corrected chi connectivity index (χ4v) is 11.8. The molecule has 0 unspecified atom stereocenters. The van der Waals surface area contributed by atoms with E-state index in [9.17, 15) is 0 Å². The summed E-state index contributed by atoms with van der Waals surface area (Å²) in [7, 11) is 0. The Bertz CT molecular complexity index is 3860. The van der Waals surface area contributed by atoms with E-state index in [-0.39, 0.29) is 0 Å². The molecule has 0 bridgehead atoms. The first-order valence-electron chi connectivity index (χ1n) is 20.6. The number of thiophene rings is 2. The van der Waals surface area contributed by atoms with Gasteiger partial charge in [-0.25, -0.2) is 9.97 Å². The molecule has 5 heteroatoms. The first kappa shape index (κ1) is 34.4. The molecule has 0 spiro atoms. The summed E-state index contributed by atoms with van der Waals surface area (Å²) in [5.41, 5.74) is 12.3.